The highest BCUT2D eigenvalue weighted by atomic mass is 79.9. The molecule has 0 saturated carbocycles. The number of hydrogen-bond donors (Lipinski definition) is 1. The molecule has 20 heavy (non-hydrogen) atoms. The normalized spacial score (nSPS) is 11.4. The topological polar surface area (TPSA) is 46.2 Å². The Hall–Kier alpha value is -1.18. The van der Waals surface area contributed by atoms with E-state index in [0.717, 1.165) is 24.3 Å². The fourth-order valence-corrected chi connectivity index (χ4v) is 3.15. The van der Waals surface area contributed by atoms with Crippen molar-refractivity contribution in [3.05, 3.63) is 57.5 Å². The molecule has 1 N–H and O–H groups in total. The number of halogens is 4. The Bertz CT molecular complexity index is 768. The minimum Gasteiger partial charge on any atom is -0.278 e. The van der Waals surface area contributed by atoms with E-state index in [1.54, 1.807) is 0 Å². The predicted molar refractivity (Wildman–Crippen MR) is 76.3 cm³/mol. The molecule has 0 aliphatic rings. The molecule has 3 nitrogen and oxygen atoms in total. The average Bonchev–Trinajstić information content (AvgIpc) is 2.33. The van der Waals surface area contributed by atoms with Crippen molar-refractivity contribution < 1.29 is 17.2 Å². The van der Waals surface area contributed by atoms with E-state index in [4.69, 9.17) is 11.6 Å². The van der Waals surface area contributed by atoms with Crippen LogP contribution in [-0.4, -0.2) is 8.42 Å². The van der Waals surface area contributed by atoms with E-state index < -0.39 is 26.6 Å². The molecule has 0 bridgehead atoms. The molecule has 8 heteroatoms. The maximum absolute atomic E-state index is 13.7. The molecule has 2 rings (SSSR count). The Morgan fingerprint density at radius 3 is 2.45 bits per heavy atom. The quantitative estimate of drug-likeness (QED) is 0.865. The number of anilines is 1. The van der Waals surface area contributed by atoms with Crippen LogP contribution >= 0.6 is 27.5 Å². The lowest BCUT2D eigenvalue weighted by atomic mass is 10.3. The van der Waals surface area contributed by atoms with Crippen LogP contribution in [0.2, 0.25) is 5.02 Å². The lowest BCUT2D eigenvalue weighted by molar-refractivity contribution is 0.570. The van der Waals surface area contributed by atoms with Crippen LogP contribution in [0.4, 0.5) is 14.5 Å². The molecule has 0 aliphatic carbocycles. The van der Waals surface area contributed by atoms with Gasteiger partial charge in [-0.15, -0.1) is 0 Å². The van der Waals surface area contributed by atoms with Crippen molar-refractivity contribution in [3.8, 4) is 0 Å². The number of hydrogen-bond acceptors (Lipinski definition) is 2. The fraction of sp³-hybridized carbons (Fsp3) is 0. The van der Waals surface area contributed by atoms with Crippen molar-refractivity contribution in [2.24, 2.45) is 0 Å². The zero-order chi connectivity index (χ0) is 14.9. The molecule has 0 radical (unpaired) electrons. The molecule has 0 heterocycles. The van der Waals surface area contributed by atoms with Gasteiger partial charge in [0.05, 0.1) is 10.7 Å². The zero-order valence-electron chi connectivity index (χ0n) is 9.70. The Morgan fingerprint density at radius 1 is 1.10 bits per heavy atom. The van der Waals surface area contributed by atoms with Crippen LogP contribution < -0.4 is 4.72 Å². The van der Waals surface area contributed by atoms with Crippen LogP contribution in [0.1, 0.15) is 0 Å². The molecule has 0 spiro atoms. The molecule has 0 aliphatic heterocycles. The van der Waals surface area contributed by atoms with E-state index >= 15 is 0 Å². The van der Waals surface area contributed by atoms with Gasteiger partial charge in [-0.25, -0.2) is 17.2 Å². The fourth-order valence-electron chi connectivity index (χ4n) is 1.47. The smallest absolute Gasteiger partial charge is 0.264 e. The SMILES string of the molecule is O=S(=O)(Nc1cc(F)ccc1Cl)c1ccc(Br)cc1F. The molecule has 0 amide bonds. The van der Waals surface area contributed by atoms with Crippen LogP contribution in [0.5, 0.6) is 0 Å². The Labute approximate surface area is 127 Å². The van der Waals surface area contributed by atoms with Crippen LogP contribution in [0, 0.1) is 11.6 Å². The van der Waals surface area contributed by atoms with Gasteiger partial charge in [0.25, 0.3) is 10.0 Å². The second kappa shape index (κ2) is 5.67. The molecule has 0 aromatic heterocycles. The first-order valence-electron chi connectivity index (χ1n) is 5.22. The lowest BCUT2D eigenvalue weighted by Gasteiger charge is -2.10. The van der Waals surface area contributed by atoms with E-state index in [1.807, 2.05) is 4.72 Å². The van der Waals surface area contributed by atoms with E-state index in [1.165, 1.54) is 12.1 Å². The summed E-state index contributed by atoms with van der Waals surface area (Å²) in [6.07, 6.45) is 0. The number of sulfonamides is 1. The summed E-state index contributed by atoms with van der Waals surface area (Å²) in [5.74, 6) is -1.59. The summed E-state index contributed by atoms with van der Waals surface area (Å²) in [5, 5.41) is 0.00694. The summed E-state index contributed by atoms with van der Waals surface area (Å²) >= 11 is 8.78. The summed E-state index contributed by atoms with van der Waals surface area (Å²) in [6, 6.07) is 6.69. The first kappa shape index (κ1) is 15.2. The first-order chi connectivity index (χ1) is 9.29. The second-order valence-corrected chi connectivity index (χ2v) is 6.78. The van der Waals surface area contributed by atoms with E-state index in [9.17, 15) is 17.2 Å². The molecule has 2 aromatic carbocycles. The number of nitrogens with one attached hydrogen (secondary N) is 1. The highest BCUT2D eigenvalue weighted by molar-refractivity contribution is 9.10. The van der Waals surface area contributed by atoms with Gasteiger partial charge in [-0.2, -0.15) is 0 Å². The van der Waals surface area contributed by atoms with Gasteiger partial charge < -0.3 is 0 Å². The number of rotatable bonds is 3. The van der Waals surface area contributed by atoms with Gasteiger partial charge in [0.15, 0.2) is 0 Å². The Morgan fingerprint density at radius 2 is 1.80 bits per heavy atom. The van der Waals surface area contributed by atoms with Crippen molar-refractivity contribution in [2.75, 3.05) is 4.72 Å². The van der Waals surface area contributed by atoms with Gasteiger partial charge in [-0.05, 0) is 36.4 Å². The third-order valence-electron chi connectivity index (χ3n) is 2.36. The summed E-state index contributed by atoms with van der Waals surface area (Å²) in [6.45, 7) is 0. The molecule has 0 saturated heterocycles. The van der Waals surface area contributed by atoms with Gasteiger partial charge >= 0.3 is 0 Å². The molecule has 106 valence electrons. The third kappa shape index (κ3) is 3.28. The van der Waals surface area contributed by atoms with Crippen molar-refractivity contribution in [1.29, 1.82) is 0 Å². The van der Waals surface area contributed by atoms with Gasteiger partial charge in [0.2, 0.25) is 0 Å². The zero-order valence-corrected chi connectivity index (χ0v) is 12.9. The molecule has 0 unspecified atom stereocenters. The van der Waals surface area contributed by atoms with Gasteiger partial charge in [0.1, 0.15) is 16.5 Å². The minimum atomic E-state index is -4.20. The summed E-state index contributed by atoms with van der Waals surface area (Å²) in [4.78, 5) is -0.555. The third-order valence-corrected chi connectivity index (χ3v) is 4.58. The minimum absolute atomic E-state index is 0.00694. The highest BCUT2D eigenvalue weighted by Gasteiger charge is 2.20. The van der Waals surface area contributed by atoms with Crippen LogP contribution in [0.15, 0.2) is 45.8 Å². The van der Waals surface area contributed by atoms with Crippen LogP contribution in [0.25, 0.3) is 0 Å². The van der Waals surface area contributed by atoms with Gasteiger partial charge in [-0.3, -0.25) is 4.72 Å². The predicted octanol–water partition coefficient (Wildman–Crippen LogP) is 4.18. The molecular formula is C12H7BrClF2NO2S. The van der Waals surface area contributed by atoms with E-state index in [-0.39, 0.29) is 10.7 Å². The molecule has 2 aromatic rings. The maximum atomic E-state index is 13.7. The van der Waals surface area contributed by atoms with E-state index in [0.29, 0.717) is 4.47 Å². The summed E-state index contributed by atoms with van der Waals surface area (Å²) in [7, 11) is -4.20. The lowest BCUT2D eigenvalue weighted by Crippen LogP contribution is -2.15. The Balaban J connectivity index is 2.43. The van der Waals surface area contributed by atoms with E-state index in [2.05, 4.69) is 15.9 Å². The standard InChI is InChI=1S/C12H7BrClF2NO2S/c13-7-1-4-12(10(16)5-7)20(18,19)17-11-6-8(15)2-3-9(11)14/h1-6,17H. The maximum Gasteiger partial charge on any atom is 0.264 e. The van der Waals surface area contributed by atoms with Crippen LogP contribution in [0.3, 0.4) is 0 Å². The monoisotopic (exact) mass is 381 g/mol. The molecule has 0 atom stereocenters. The van der Waals surface area contributed by atoms with Gasteiger partial charge in [-0.1, -0.05) is 27.5 Å². The molecule has 0 fully saturated rings. The highest BCUT2D eigenvalue weighted by Crippen LogP contribution is 2.27. The summed E-state index contributed by atoms with van der Waals surface area (Å²) < 4.78 is 53.3. The molecular weight excluding hydrogens is 376 g/mol. The van der Waals surface area contributed by atoms with Gasteiger partial charge in [0, 0.05) is 4.47 Å². The van der Waals surface area contributed by atoms with Crippen molar-refractivity contribution >= 4 is 43.2 Å². The van der Waals surface area contributed by atoms with Crippen molar-refractivity contribution in [3.63, 3.8) is 0 Å². The van der Waals surface area contributed by atoms with Crippen LogP contribution in [-0.2, 0) is 10.0 Å². The number of benzene rings is 2. The first-order valence-corrected chi connectivity index (χ1v) is 7.88. The summed E-state index contributed by atoms with van der Waals surface area (Å²) in [5.41, 5.74) is -0.158. The Kier molecular flexibility index (Phi) is 4.31. The average molecular weight is 383 g/mol. The largest absolute Gasteiger partial charge is 0.278 e. The van der Waals surface area contributed by atoms with Crippen molar-refractivity contribution in [1.82, 2.24) is 0 Å². The second-order valence-electron chi connectivity index (χ2n) is 3.80. The van der Waals surface area contributed by atoms with Crippen molar-refractivity contribution in [2.45, 2.75) is 4.90 Å².